The van der Waals surface area contributed by atoms with Crippen LogP contribution in [0.2, 0.25) is 0 Å². The molecule has 1 heterocycles. The second-order valence-corrected chi connectivity index (χ2v) is 5.23. The summed E-state index contributed by atoms with van der Waals surface area (Å²) < 4.78 is 5.28. The summed E-state index contributed by atoms with van der Waals surface area (Å²) in [5, 5.41) is 0. The summed E-state index contributed by atoms with van der Waals surface area (Å²) in [4.78, 5) is 2.57. The van der Waals surface area contributed by atoms with Crippen molar-refractivity contribution in [2.45, 2.75) is 51.7 Å². The van der Waals surface area contributed by atoms with E-state index in [1.807, 2.05) is 12.1 Å². The summed E-state index contributed by atoms with van der Waals surface area (Å²) in [5.41, 5.74) is 8.12. The zero-order valence-corrected chi connectivity index (χ0v) is 11.6. The van der Waals surface area contributed by atoms with Gasteiger partial charge < -0.3 is 10.5 Å². The van der Waals surface area contributed by atoms with Gasteiger partial charge in [-0.15, -0.1) is 0 Å². The summed E-state index contributed by atoms with van der Waals surface area (Å²) in [6, 6.07) is 7.28. The van der Waals surface area contributed by atoms with Gasteiger partial charge >= 0.3 is 0 Å². The van der Waals surface area contributed by atoms with Crippen LogP contribution in [0.25, 0.3) is 0 Å². The number of likely N-dealkylation sites (tertiary alicyclic amines) is 1. The Kier molecular flexibility index (Phi) is 4.12. The molecular weight excluding hydrogens is 224 g/mol. The summed E-state index contributed by atoms with van der Waals surface area (Å²) in [7, 11) is 1.70. The van der Waals surface area contributed by atoms with Gasteiger partial charge in [-0.05, 0) is 49.9 Å². The molecule has 3 nitrogen and oxygen atoms in total. The van der Waals surface area contributed by atoms with Crippen molar-refractivity contribution in [1.82, 2.24) is 4.90 Å². The Hall–Kier alpha value is -1.22. The molecule has 100 valence electrons. The number of benzene rings is 1. The fraction of sp³-hybridized carbons (Fsp3) is 0.600. The van der Waals surface area contributed by atoms with Crippen molar-refractivity contribution in [2.24, 2.45) is 0 Å². The first kappa shape index (κ1) is 13.2. The molecule has 0 spiro atoms. The third-order valence-corrected chi connectivity index (χ3v) is 4.13. The molecule has 0 aromatic heterocycles. The van der Waals surface area contributed by atoms with Crippen LogP contribution < -0.4 is 10.5 Å². The molecule has 2 unspecified atom stereocenters. The van der Waals surface area contributed by atoms with Crippen molar-refractivity contribution in [3.05, 3.63) is 23.8 Å². The van der Waals surface area contributed by atoms with Crippen molar-refractivity contribution in [1.29, 1.82) is 0 Å². The lowest BCUT2D eigenvalue weighted by molar-refractivity contribution is 0.190. The second-order valence-electron chi connectivity index (χ2n) is 5.23. The molecule has 0 bridgehead atoms. The van der Waals surface area contributed by atoms with E-state index in [4.69, 9.17) is 10.5 Å². The van der Waals surface area contributed by atoms with Gasteiger partial charge in [0.2, 0.25) is 0 Å². The van der Waals surface area contributed by atoms with Crippen LogP contribution in [-0.4, -0.2) is 24.1 Å². The fourth-order valence-corrected chi connectivity index (χ4v) is 2.89. The standard InChI is InChI=1S/C15H24N2O/c1-4-13-6-5-11(2)17(13)10-12-9-14(18-3)7-8-15(12)16/h7-9,11,13H,4-6,10,16H2,1-3H3. The average Bonchev–Trinajstić information content (AvgIpc) is 2.73. The maximum absolute atomic E-state index is 6.07. The Balaban J connectivity index is 2.17. The number of nitrogen functional groups attached to an aromatic ring is 1. The predicted molar refractivity (Wildman–Crippen MR) is 75.7 cm³/mol. The molecule has 3 heteroatoms. The van der Waals surface area contributed by atoms with Gasteiger partial charge in [0, 0.05) is 24.3 Å². The summed E-state index contributed by atoms with van der Waals surface area (Å²) in [6.07, 6.45) is 3.82. The zero-order valence-electron chi connectivity index (χ0n) is 11.6. The van der Waals surface area contributed by atoms with Gasteiger partial charge in [0.15, 0.2) is 0 Å². The number of hydrogen-bond donors (Lipinski definition) is 1. The summed E-state index contributed by atoms with van der Waals surface area (Å²) >= 11 is 0. The number of nitrogens with two attached hydrogens (primary N) is 1. The highest BCUT2D eigenvalue weighted by atomic mass is 16.5. The van der Waals surface area contributed by atoms with Crippen LogP contribution >= 0.6 is 0 Å². The van der Waals surface area contributed by atoms with Crippen LogP contribution in [0.1, 0.15) is 38.7 Å². The van der Waals surface area contributed by atoms with Crippen molar-refractivity contribution < 1.29 is 4.74 Å². The molecule has 1 fully saturated rings. The minimum absolute atomic E-state index is 0.653. The average molecular weight is 248 g/mol. The molecule has 0 saturated carbocycles. The highest BCUT2D eigenvalue weighted by molar-refractivity contribution is 5.50. The van der Waals surface area contributed by atoms with Crippen molar-refractivity contribution in [3.8, 4) is 5.75 Å². The van der Waals surface area contributed by atoms with Gasteiger partial charge in [-0.3, -0.25) is 4.90 Å². The van der Waals surface area contributed by atoms with Crippen LogP contribution in [0.4, 0.5) is 5.69 Å². The van der Waals surface area contributed by atoms with E-state index in [9.17, 15) is 0 Å². The smallest absolute Gasteiger partial charge is 0.119 e. The van der Waals surface area contributed by atoms with Gasteiger partial charge in [0.1, 0.15) is 5.75 Å². The van der Waals surface area contributed by atoms with Gasteiger partial charge in [-0.2, -0.15) is 0 Å². The Bertz CT molecular complexity index is 405. The predicted octanol–water partition coefficient (Wildman–Crippen LogP) is 3.04. The van der Waals surface area contributed by atoms with Crippen LogP contribution in [0.5, 0.6) is 5.75 Å². The number of nitrogens with zero attached hydrogens (tertiary/aromatic N) is 1. The first-order chi connectivity index (χ1) is 8.65. The lowest BCUT2D eigenvalue weighted by atomic mass is 10.1. The van der Waals surface area contributed by atoms with E-state index in [1.54, 1.807) is 7.11 Å². The van der Waals surface area contributed by atoms with E-state index in [0.717, 1.165) is 18.0 Å². The molecule has 1 saturated heterocycles. The quantitative estimate of drug-likeness (QED) is 0.832. The molecule has 18 heavy (non-hydrogen) atoms. The van der Waals surface area contributed by atoms with Crippen LogP contribution in [0, 0.1) is 0 Å². The highest BCUT2D eigenvalue weighted by Gasteiger charge is 2.29. The SMILES string of the molecule is CCC1CCC(C)N1Cc1cc(OC)ccc1N. The molecule has 2 atom stereocenters. The van der Waals surface area contributed by atoms with E-state index in [2.05, 4.69) is 24.8 Å². The van der Waals surface area contributed by atoms with Crippen molar-refractivity contribution >= 4 is 5.69 Å². The van der Waals surface area contributed by atoms with E-state index in [0.29, 0.717) is 12.1 Å². The topological polar surface area (TPSA) is 38.5 Å². The number of ether oxygens (including phenoxy) is 1. The molecule has 0 amide bonds. The molecule has 1 aromatic rings. The van der Waals surface area contributed by atoms with Gasteiger partial charge in [0.05, 0.1) is 7.11 Å². The molecular formula is C15H24N2O. The van der Waals surface area contributed by atoms with E-state index >= 15 is 0 Å². The van der Waals surface area contributed by atoms with Crippen LogP contribution in [0.15, 0.2) is 18.2 Å². The van der Waals surface area contributed by atoms with E-state index in [1.165, 1.54) is 24.8 Å². The minimum Gasteiger partial charge on any atom is -0.497 e. The first-order valence-electron chi connectivity index (χ1n) is 6.83. The van der Waals surface area contributed by atoms with Crippen molar-refractivity contribution in [2.75, 3.05) is 12.8 Å². The fourth-order valence-electron chi connectivity index (χ4n) is 2.89. The second kappa shape index (κ2) is 5.61. The Morgan fingerprint density at radius 3 is 2.83 bits per heavy atom. The molecule has 1 aromatic carbocycles. The Morgan fingerprint density at radius 2 is 2.17 bits per heavy atom. The van der Waals surface area contributed by atoms with E-state index < -0.39 is 0 Å². The molecule has 1 aliphatic rings. The first-order valence-corrected chi connectivity index (χ1v) is 6.83. The van der Waals surface area contributed by atoms with Gasteiger partial charge in [-0.25, -0.2) is 0 Å². The van der Waals surface area contributed by atoms with Crippen molar-refractivity contribution in [3.63, 3.8) is 0 Å². The maximum Gasteiger partial charge on any atom is 0.119 e. The number of hydrogen-bond acceptors (Lipinski definition) is 3. The molecule has 0 radical (unpaired) electrons. The van der Waals surface area contributed by atoms with Crippen LogP contribution in [-0.2, 0) is 6.54 Å². The normalized spacial score (nSPS) is 24.4. The molecule has 1 aliphatic heterocycles. The summed E-state index contributed by atoms with van der Waals surface area (Å²) in [5.74, 6) is 0.888. The third-order valence-electron chi connectivity index (χ3n) is 4.13. The van der Waals surface area contributed by atoms with Gasteiger partial charge in [0.25, 0.3) is 0 Å². The number of anilines is 1. The monoisotopic (exact) mass is 248 g/mol. The Labute approximate surface area is 110 Å². The number of methoxy groups -OCH3 is 1. The molecule has 2 N–H and O–H groups in total. The lowest BCUT2D eigenvalue weighted by Crippen LogP contribution is -2.33. The largest absolute Gasteiger partial charge is 0.497 e. The maximum atomic E-state index is 6.07. The minimum atomic E-state index is 0.653. The summed E-state index contributed by atoms with van der Waals surface area (Å²) in [6.45, 7) is 5.51. The number of rotatable bonds is 4. The molecule has 2 rings (SSSR count). The Morgan fingerprint density at radius 1 is 1.39 bits per heavy atom. The van der Waals surface area contributed by atoms with Gasteiger partial charge in [-0.1, -0.05) is 6.92 Å². The third kappa shape index (κ3) is 2.61. The highest BCUT2D eigenvalue weighted by Crippen LogP contribution is 2.30. The zero-order chi connectivity index (χ0) is 13.1. The lowest BCUT2D eigenvalue weighted by Gasteiger charge is -2.28. The van der Waals surface area contributed by atoms with Crippen LogP contribution in [0.3, 0.4) is 0 Å². The molecule has 0 aliphatic carbocycles. The van der Waals surface area contributed by atoms with E-state index in [-0.39, 0.29) is 0 Å².